The van der Waals surface area contributed by atoms with Gasteiger partial charge in [-0.2, -0.15) is 0 Å². The van der Waals surface area contributed by atoms with Crippen LogP contribution in [-0.4, -0.2) is 30.6 Å². The molecular formula is C26H31ClN2. The number of hydrogen-bond donors (Lipinski definition) is 1. The summed E-state index contributed by atoms with van der Waals surface area (Å²) < 4.78 is 0. The summed E-state index contributed by atoms with van der Waals surface area (Å²) in [6.07, 6.45) is 0. The summed E-state index contributed by atoms with van der Waals surface area (Å²) in [4.78, 5) is 2.58. The summed E-state index contributed by atoms with van der Waals surface area (Å²) in [6.45, 7) is 9.13. The van der Waals surface area contributed by atoms with Gasteiger partial charge in [0.05, 0.1) is 5.54 Å². The maximum absolute atomic E-state index is 6.82. The molecule has 29 heavy (non-hydrogen) atoms. The van der Waals surface area contributed by atoms with Gasteiger partial charge in [-0.25, -0.2) is 0 Å². The van der Waals surface area contributed by atoms with E-state index >= 15 is 0 Å². The van der Waals surface area contributed by atoms with E-state index in [1.54, 1.807) is 0 Å². The quantitative estimate of drug-likeness (QED) is 0.538. The van der Waals surface area contributed by atoms with Gasteiger partial charge in [0.1, 0.15) is 0 Å². The molecule has 2 nitrogen and oxygen atoms in total. The summed E-state index contributed by atoms with van der Waals surface area (Å²) in [5.74, 6) is 0. The Balaban J connectivity index is 0.00000117. The van der Waals surface area contributed by atoms with Gasteiger partial charge in [0.15, 0.2) is 0 Å². The molecule has 0 spiro atoms. The van der Waals surface area contributed by atoms with Gasteiger partial charge in [-0.15, -0.1) is 0 Å². The average molecular weight is 407 g/mol. The van der Waals surface area contributed by atoms with E-state index in [2.05, 4.69) is 89.9 Å². The highest BCUT2D eigenvalue weighted by atomic mass is 35.5. The maximum Gasteiger partial charge on any atom is 0.0988 e. The molecule has 0 aliphatic carbocycles. The molecule has 4 rings (SSSR count). The van der Waals surface area contributed by atoms with Crippen LogP contribution in [0.4, 0.5) is 0 Å². The lowest BCUT2D eigenvalue weighted by Gasteiger charge is -2.49. The molecule has 0 saturated carbocycles. The molecule has 1 aliphatic rings. The Morgan fingerprint density at radius 2 is 1.34 bits per heavy atom. The van der Waals surface area contributed by atoms with Crippen molar-refractivity contribution in [1.29, 1.82) is 0 Å². The van der Waals surface area contributed by atoms with E-state index in [-0.39, 0.29) is 0 Å². The van der Waals surface area contributed by atoms with Crippen molar-refractivity contribution in [2.24, 2.45) is 0 Å². The smallest absolute Gasteiger partial charge is 0.0988 e. The Kier molecular flexibility index (Phi) is 7.49. The molecule has 0 aromatic heterocycles. The number of hydrogen-bond acceptors (Lipinski definition) is 2. The molecule has 1 heterocycles. The standard InChI is InChI=1S/C24H25ClN2.C2H6/c1-19-18-27(17-16-26-19)24(20-10-4-2-5-11-20,21-12-6-3-7-13-21)22-14-8-9-15-23(22)25;1-2/h2-15,19,26H,16-18H2,1H3;1-2H3. The van der Waals surface area contributed by atoms with Crippen molar-refractivity contribution >= 4 is 11.6 Å². The van der Waals surface area contributed by atoms with Crippen molar-refractivity contribution in [3.63, 3.8) is 0 Å². The number of benzene rings is 3. The van der Waals surface area contributed by atoms with Gasteiger partial charge < -0.3 is 5.32 Å². The van der Waals surface area contributed by atoms with E-state index in [1.807, 2.05) is 26.0 Å². The molecule has 1 fully saturated rings. The third-order valence-electron chi connectivity index (χ3n) is 5.49. The fourth-order valence-corrected chi connectivity index (χ4v) is 4.64. The summed E-state index contributed by atoms with van der Waals surface area (Å²) in [6, 6.07) is 30.2. The molecule has 3 aromatic rings. The molecule has 1 atom stereocenters. The number of piperazine rings is 1. The van der Waals surface area contributed by atoms with Crippen LogP contribution >= 0.6 is 11.6 Å². The number of halogens is 1. The molecule has 152 valence electrons. The van der Waals surface area contributed by atoms with Gasteiger partial charge in [-0.1, -0.05) is 104 Å². The molecular weight excluding hydrogens is 376 g/mol. The van der Waals surface area contributed by atoms with E-state index in [4.69, 9.17) is 11.6 Å². The van der Waals surface area contributed by atoms with Crippen LogP contribution in [0.3, 0.4) is 0 Å². The predicted octanol–water partition coefficient (Wildman–Crippen LogP) is 5.95. The Labute approximate surface area is 180 Å². The largest absolute Gasteiger partial charge is 0.312 e. The van der Waals surface area contributed by atoms with Gasteiger partial charge >= 0.3 is 0 Å². The Bertz CT molecular complexity index is 840. The lowest BCUT2D eigenvalue weighted by Crippen LogP contribution is -2.58. The first-order valence-corrected chi connectivity index (χ1v) is 10.9. The summed E-state index contributed by atoms with van der Waals surface area (Å²) in [5.41, 5.74) is 3.21. The minimum Gasteiger partial charge on any atom is -0.312 e. The summed E-state index contributed by atoms with van der Waals surface area (Å²) >= 11 is 6.82. The third-order valence-corrected chi connectivity index (χ3v) is 5.82. The molecule has 0 radical (unpaired) electrons. The second-order valence-corrected chi connectivity index (χ2v) is 7.63. The lowest BCUT2D eigenvalue weighted by atomic mass is 9.75. The van der Waals surface area contributed by atoms with Crippen molar-refractivity contribution in [3.05, 3.63) is 107 Å². The fraction of sp³-hybridized carbons (Fsp3) is 0.308. The molecule has 0 bridgehead atoms. The summed E-state index contributed by atoms with van der Waals surface area (Å²) in [5, 5.41) is 4.38. The normalized spacial score (nSPS) is 17.3. The Morgan fingerprint density at radius 3 is 1.86 bits per heavy atom. The van der Waals surface area contributed by atoms with Gasteiger partial charge in [0.2, 0.25) is 0 Å². The SMILES string of the molecule is CC.CC1CN(C(c2ccccc2)(c2ccccc2)c2ccccc2Cl)CCN1. The van der Waals surface area contributed by atoms with E-state index in [1.165, 1.54) is 11.1 Å². The molecule has 0 amide bonds. The highest BCUT2D eigenvalue weighted by molar-refractivity contribution is 6.31. The van der Waals surface area contributed by atoms with Crippen molar-refractivity contribution in [2.75, 3.05) is 19.6 Å². The molecule has 1 N–H and O–H groups in total. The molecule has 1 saturated heterocycles. The zero-order valence-corrected chi connectivity index (χ0v) is 18.4. The van der Waals surface area contributed by atoms with E-state index in [0.29, 0.717) is 6.04 Å². The Morgan fingerprint density at radius 1 is 0.828 bits per heavy atom. The predicted molar refractivity (Wildman–Crippen MR) is 125 cm³/mol. The fourth-order valence-electron chi connectivity index (χ4n) is 4.36. The first kappa shape index (κ1) is 21.6. The third kappa shape index (κ3) is 4.25. The van der Waals surface area contributed by atoms with Crippen molar-refractivity contribution in [2.45, 2.75) is 32.4 Å². The first-order chi connectivity index (χ1) is 14.2. The number of rotatable bonds is 4. The molecule has 3 aromatic carbocycles. The van der Waals surface area contributed by atoms with Gasteiger partial charge in [0.25, 0.3) is 0 Å². The zero-order valence-electron chi connectivity index (χ0n) is 17.6. The average Bonchev–Trinajstić information content (AvgIpc) is 2.79. The number of nitrogens with zero attached hydrogens (tertiary/aromatic N) is 1. The maximum atomic E-state index is 6.82. The van der Waals surface area contributed by atoms with Gasteiger partial charge in [-0.3, -0.25) is 4.90 Å². The monoisotopic (exact) mass is 406 g/mol. The Hall–Kier alpha value is -2.13. The molecule has 3 heteroatoms. The van der Waals surface area contributed by atoms with E-state index in [9.17, 15) is 0 Å². The van der Waals surface area contributed by atoms with Crippen molar-refractivity contribution in [3.8, 4) is 0 Å². The van der Waals surface area contributed by atoms with Crippen LogP contribution in [0.25, 0.3) is 0 Å². The number of nitrogens with one attached hydrogen (secondary N) is 1. The second kappa shape index (κ2) is 10.1. The minimum atomic E-state index is -0.419. The van der Waals surface area contributed by atoms with Crippen LogP contribution in [0, 0.1) is 0 Å². The first-order valence-electron chi connectivity index (χ1n) is 10.6. The van der Waals surface area contributed by atoms with Crippen molar-refractivity contribution in [1.82, 2.24) is 10.2 Å². The highest BCUT2D eigenvalue weighted by Crippen LogP contribution is 2.45. The topological polar surface area (TPSA) is 15.3 Å². The van der Waals surface area contributed by atoms with Crippen LogP contribution in [0.5, 0.6) is 0 Å². The van der Waals surface area contributed by atoms with Crippen LogP contribution in [0.15, 0.2) is 84.9 Å². The zero-order chi connectivity index (χ0) is 20.7. The van der Waals surface area contributed by atoms with E-state index < -0.39 is 5.54 Å². The van der Waals surface area contributed by atoms with Crippen LogP contribution in [0.2, 0.25) is 5.02 Å². The van der Waals surface area contributed by atoms with Gasteiger partial charge in [-0.05, 0) is 29.7 Å². The van der Waals surface area contributed by atoms with Gasteiger partial charge in [0, 0.05) is 30.7 Å². The van der Waals surface area contributed by atoms with Crippen LogP contribution in [0.1, 0.15) is 37.5 Å². The second-order valence-electron chi connectivity index (χ2n) is 7.22. The van der Waals surface area contributed by atoms with Crippen LogP contribution < -0.4 is 5.32 Å². The van der Waals surface area contributed by atoms with Crippen molar-refractivity contribution < 1.29 is 0 Å². The van der Waals surface area contributed by atoms with E-state index in [0.717, 1.165) is 30.2 Å². The summed E-state index contributed by atoms with van der Waals surface area (Å²) in [7, 11) is 0. The molecule has 1 aliphatic heterocycles. The lowest BCUT2D eigenvalue weighted by molar-refractivity contribution is 0.115. The highest BCUT2D eigenvalue weighted by Gasteiger charge is 2.44. The minimum absolute atomic E-state index is 0.419. The molecule has 1 unspecified atom stereocenters. The van der Waals surface area contributed by atoms with Crippen LogP contribution in [-0.2, 0) is 5.54 Å².